The molecule has 0 spiro atoms. The van der Waals surface area contributed by atoms with Crippen molar-refractivity contribution in [1.82, 2.24) is 5.32 Å². The number of ether oxygens (including phenoxy) is 1. The van der Waals surface area contributed by atoms with Crippen molar-refractivity contribution in [3.63, 3.8) is 0 Å². The summed E-state index contributed by atoms with van der Waals surface area (Å²) < 4.78 is 5.63. The molecular weight excluding hydrogens is 338 g/mol. The molecule has 3 N–H and O–H groups in total. The zero-order valence-corrected chi connectivity index (χ0v) is 14.2. The molecular formula is C18H19N3O5. The summed E-state index contributed by atoms with van der Waals surface area (Å²) in [6.45, 7) is 1.85. The van der Waals surface area contributed by atoms with Crippen LogP contribution in [0.3, 0.4) is 0 Å². The standard InChI is InChI=1S/C18H19N3O5/c1-12(17(19)22)20-18(23)14-3-2-4-16(11-14)26-10-9-13-5-7-15(8-6-13)21(24)25/h2-8,11-12H,9-10H2,1H3,(H2,19,22)(H,20,23). The second-order valence-electron chi connectivity index (χ2n) is 5.65. The molecule has 8 nitrogen and oxygen atoms in total. The highest BCUT2D eigenvalue weighted by Gasteiger charge is 2.14. The Morgan fingerprint density at radius 3 is 2.54 bits per heavy atom. The van der Waals surface area contributed by atoms with Gasteiger partial charge in [-0.2, -0.15) is 0 Å². The molecule has 2 amide bonds. The van der Waals surface area contributed by atoms with E-state index in [1.807, 2.05) is 0 Å². The van der Waals surface area contributed by atoms with Crippen molar-refractivity contribution < 1.29 is 19.2 Å². The first-order valence-electron chi connectivity index (χ1n) is 7.93. The Morgan fingerprint density at radius 1 is 1.23 bits per heavy atom. The lowest BCUT2D eigenvalue weighted by atomic mass is 10.1. The summed E-state index contributed by atoms with van der Waals surface area (Å²) in [5.74, 6) is -0.530. The summed E-state index contributed by atoms with van der Waals surface area (Å²) >= 11 is 0. The van der Waals surface area contributed by atoms with Crippen molar-refractivity contribution in [2.24, 2.45) is 5.73 Å². The van der Waals surface area contributed by atoms with Gasteiger partial charge in [-0.1, -0.05) is 18.2 Å². The van der Waals surface area contributed by atoms with Gasteiger partial charge in [0.2, 0.25) is 5.91 Å². The molecule has 0 aromatic heterocycles. The Hall–Kier alpha value is -3.42. The van der Waals surface area contributed by atoms with Crippen LogP contribution in [0.2, 0.25) is 0 Å². The lowest BCUT2D eigenvalue weighted by molar-refractivity contribution is -0.384. The van der Waals surface area contributed by atoms with Crippen molar-refractivity contribution >= 4 is 17.5 Å². The summed E-state index contributed by atoms with van der Waals surface area (Å²) in [5.41, 5.74) is 6.42. The van der Waals surface area contributed by atoms with Crippen molar-refractivity contribution in [3.05, 3.63) is 69.8 Å². The summed E-state index contributed by atoms with van der Waals surface area (Å²) in [7, 11) is 0. The molecule has 0 fully saturated rings. The van der Waals surface area contributed by atoms with E-state index in [4.69, 9.17) is 10.5 Å². The first-order valence-corrected chi connectivity index (χ1v) is 7.93. The minimum absolute atomic E-state index is 0.0403. The molecule has 26 heavy (non-hydrogen) atoms. The molecule has 0 heterocycles. The van der Waals surface area contributed by atoms with Crippen LogP contribution in [0.15, 0.2) is 48.5 Å². The highest BCUT2D eigenvalue weighted by molar-refractivity contribution is 5.97. The number of primary amides is 1. The molecule has 8 heteroatoms. The average molecular weight is 357 g/mol. The van der Waals surface area contributed by atoms with E-state index in [9.17, 15) is 19.7 Å². The van der Waals surface area contributed by atoms with Gasteiger partial charge in [-0.05, 0) is 30.7 Å². The highest BCUT2D eigenvalue weighted by atomic mass is 16.6. The van der Waals surface area contributed by atoms with Gasteiger partial charge >= 0.3 is 0 Å². The van der Waals surface area contributed by atoms with Crippen LogP contribution in [0.1, 0.15) is 22.8 Å². The Labute approximate surface area is 150 Å². The fourth-order valence-corrected chi connectivity index (χ4v) is 2.15. The number of hydrogen-bond acceptors (Lipinski definition) is 5. The molecule has 2 rings (SSSR count). The second-order valence-corrected chi connectivity index (χ2v) is 5.65. The van der Waals surface area contributed by atoms with Gasteiger partial charge in [0.1, 0.15) is 11.8 Å². The number of nitrogens with one attached hydrogen (secondary N) is 1. The maximum atomic E-state index is 12.1. The van der Waals surface area contributed by atoms with Crippen LogP contribution < -0.4 is 15.8 Å². The number of carbonyl (C=O) groups is 2. The summed E-state index contributed by atoms with van der Waals surface area (Å²) in [6.07, 6.45) is 0.563. The van der Waals surface area contributed by atoms with E-state index < -0.39 is 22.8 Å². The van der Waals surface area contributed by atoms with Crippen LogP contribution >= 0.6 is 0 Å². The van der Waals surface area contributed by atoms with E-state index >= 15 is 0 Å². The monoisotopic (exact) mass is 357 g/mol. The number of nitrogens with two attached hydrogens (primary N) is 1. The van der Waals surface area contributed by atoms with Crippen LogP contribution in [0.25, 0.3) is 0 Å². The predicted octanol–water partition coefficient (Wildman–Crippen LogP) is 1.82. The molecule has 0 aliphatic rings. The summed E-state index contributed by atoms with van der Waals surface area (Å²) in [4.78, 5) is 33.3. The van der Waals surface area contributed by atoms with E-state index in [1.165, 1.54) is 19.1 Å². The topological polar surface area (TPSA) is 125 Å². The van der Waals surface area contributed by atoms with E-state index in [0.717, 1.165) is 5.56 Å². The van der Waals surface area contributed by atoms with Gasteiger partial charge < -0.3 is 15.8 Å². The van der Waals surface area contributed by atoms with Gasteiger partial charge in [0.25, 0.3) is 11.6 Å². The first kappa shape index (κ1) is 18.9. The van der Waals surface area contributed by atoms with Crippen LogP contribution in [0.4, 0.5) is 5.69 Å². The number of nitro benzene ring substituents is 1. The molecule has 0 bridgehead atoms. The molecule has 1 atom stereocenters. The molecule has 0 aliphatic heterocycles. The maximum absolute atomic E-state index is 12.1. The Morgan fingerprint density at radius 2 is 1.92 bits per heavy atom. The third kappa shape index (κ3) is 5.30. The largest absolute Gasteiger partial charge is 0.493 e. The van der Waals surface area contributed by atoms with E-state index in [1.54, 1.807) is 36.4 Å². The van der Waals surface area contributed by atoms with Crippen LogP contribution in [0.5, 0.6) is 5.75 Å². The summed E-state index contributed by atoms with van der Waals surface area (Å²) in [5, 5.41) is 13.1. The van der Waals surface area contributed by atoms with Gasteiger partial charge in [0.15, 0.2) is 0 Å². The zero-order chi connectivity index (χ0) is 19.1. The molecule has 2 aromatic carbocycles. The fraction of sp³-hybridized carbons (Fsp3) is 0.222. The number of rotatable bonds is 8. The van der Waals surface area contributed by atoms with Crippen molar-refractivity contribution in [2.75, 3.05) is 6.61 Å². The van der Waals surface area contributed by atoms with Crippen molar-refractivity contribution in [3.8, 4) is 5.75 Å². The van der Waals surface area contributed by atoms with E-state index in [0.29, 0.717) is 24.3 Å². The SMILES string of the molecule is CC(NC(=O)c1cccc(OCCc2ccc([N+](=O)[O-])cc2)c1)C(N)=O. The first-order chi connectivity index (χ1) is 12.4. The third-order valence-corrected chi connectivity index (χ3v) is 3.68. The normalized spacial score (nSPS) is 11.4. The number of nitro groups is 1. The number of nitrogens with zero attached hydrogens (tertiary/aromatic N) is 1. The van der Waals surface area contributed by atoms with Crippen molar-refractivity contribution in [1.29, 1.82) is 0 Å². The van der Waals surface area contributed by atoms with Gasteiger partial charge in [0, 0.05) is 24.1 Å². The van der Waals surface area contributed by atoms with Gasteiger partial charge in [0.05, 0.1) is 11.5 Å². The van der Waals surface area contributed by atoms with Gasteiger partial charge in [-0.25, -0.2) is 0 Å². The second kappa shape index (κ2) is 8.61. The third-order valence-electron chi connectivity index (χ3n) is 3.68. The number of non-ortho nitro benzene ring substituents is 1. The fourth-order valence-electron chi connectivity index (χ4n) is 2.15. The van der Waals surface area contributed by atoms with Gasteiger partial charge in [-0.15, -0.1) is 0 Å². The average Bonchev–Trinajstić information content (AvgIpc) is 2.62. The Kier molecular flexibility index (Phi) is 6.26. The molecule has 1 unspecified atom stereocenters. The molecule has 2 aromatic rings. The lowest BCUT2D eigenvalue weighted by Crippen LogP contribution is -2.42. The lowest BCUT2D eigenvalue weighted by Gasteiger charge is -2.11. The molecule has 0 saturated carbocycles. The number of carbonyl (C=O) groups excluding carboxylic acids is 2. The Bertz CT molecular complexity index is 805. The number of amides is 2. The quantitative estimate of drug-likeness (QED) is 0.551. The molecule has 0 radical (unpaired) electrons. The number of hydrogen-bond donors (Lipinski definition) is 2. The van der Waals surface area contributed by atoms with E-state index in [-0.39, 0.29) is 5.69 Å². The van der Waals surface area contributed by atoms with Crippen molar-refractivity contribution in [2.45, 2.75) is 19.4 Å². The smallest absolute Gasteiger partial charge is 0.269 e. The molecule has 0 aliphatic carbocycles. The molecule has 136 valence electrons. The minimum Gasteiger partial charge on any atom is -0.493 e. The minimum atomic E-state index is -0.769. The maximum Gasteiger partial charge on any atom is 0.269 e. The number of benzene rings is 2. The van der Waals surface area contributed by atoms with Crippen LogP contribution in [0, 0.1) is 10.1 Å². The molecule has 0 saturated heterocycles. The van der Waals surface area contributed by atoms with Gasteiger partial charge in [-0.3, -0.25) is 19.7 Å². The van der Waals surface area contributed by atoms with Crippen LogP contribution in [-0.2, 0) is 11.2 Å². The van der Waals surface area contributed by atoms with Crippen LogP contribution in [-0.4, -0.2) is 29.4 Å². The Balaban J connectivity index is 1.91. The zero-order valence-electron chi connectivity index (χ0n) is 14.2. The van der Waals surface area contributed by atoms with E-state index in [2.05, 4.69) is 5.32 Å². The highest BCUT2D eigenvalue weighted by Crippen LogP contribution is 2.15. The summed E-state index contributed by atoms with van der Waals surface area (Å²) in [6, 6.07) is 12.0. The predicted molar refractivity (Wildman–Crippen MR) is 94.9 cm³/mol.